The second-order valence-corrected chi connectivity index (χ2v) is 7.13. The fourth-order valence-corrected chi connectivity index (χ4v) is 3.18. The first-order valence-electron chi connectivity index (χ1n) is 10.0. The molecule has 0 saturated heterocycles. The van der Waals surface area contributed by atoms with Crippen LogP contribution in [-0.4, -0.2) is 28.9 Å². The van der Waals surface area contributed by atoms with Crippen LogP contribution in [-0.2, 0) is 0 Å². The molecule has 7 nitrogen and oxygen atoms in total. The minimum Gasteiger partial charge on any atom is -0.465 e. The Labute approximate surface area is 185 Å². The van der Waals surface area contributed by atoms with E-state index in [-0.39, 0.29) is 6.01 Å². The van der Waals surface area contributed by atoms with Crippen LogP contribution in [0.3, 0.4) is 0 Å². The lowest BCUT2D eigenvalue weighted by Crippen LogP contribution is -2.23. The van der Waals surface area contributed by atoms with Crippen molar-refractivity contribution < 1.29 is 14.3 Å². The summed E-state index contributed by atoms with van der Waals surface area (Å²) < 4.78 is 6.02. The van der Waals surface area contributed by atoms with Crippen molar-refractivity contribution >= 4 is 23.5 Å². The molecule has 0 aliphatic rings. The maximum Gasteiger partial charge on any atom is 0.411 e. The molecule has 32 heavy (non-hydrogen) atoms. The molecule has 1 amide bonds. The Morgan fingerprint density at radius 2 is 1.53 bits per heavy atom. The van der Waals surface area contributed by atoms with Gasteiger partial charge < -0.3 is 9.52 Å². The number of carbonyl (C=O) groups is 1. The van der Waals surface area contributed by atoms with E-state index in [4.69, 9.17) is 9.52 Å². The quantitative estimate of drug-likeness (QED) is 0.293. The van der Waals surface area contributed by atoms with Crippen LogP contribution in [0.2, 0.25) is 0 Å². The topological polar surface area (TPSA) is 91.0 Å². The summed E-state index contributed by atoms with van der Waals surface area (Å²) in [5.74, 6) is 0.660. The van der Waals surface area contributed by atoms with Crippen LogP contribution in [0.1, 0.15) is 12.5 Å². The molecule has 7 heteroatoms. The Balaban J connectivity index is 1.60. The van der Waals surface area contributed by atoms with Crippen LogP contribution in [0.15, 0.2) is 94.4 Å². The molecule has 0 atom stereocenters. The lowest BCUT2D eigenvalue weighted by Gasteiger charge is -2.13. The van der Waals surface area contributed by atoms with Crippen molar-refractivity contribution in [3.8, 4) is 22.6 Å². The minimum absolute atomic E-state index is 0.282. The third-order valence-electron chi connectivity index (χ3n) is 4.99. The summed E-state index contributed by atoms with van der Waals surface area (Å²) in [5.41, 5.74) is 7.63. The standard InChI is InChI=1S/C25H22N4O3/c1-17(18-13-15-21(16-14-18)29(2)25(30)31)27-28-24-26-22(19-9-5-3-6-10-19)23(32-24)20-11-7-4-8-12-20/h3-16H,1-2H3,(H,26,28)(H,30,31)/b27-17+. The number of rotatable bonds is 6. The number of benzene rings is 3. The van der Waals surface area contributed by atoms with E-state index in [1.165, 1.54) is 7.05 Å². The van der Waals surface area contributed by atoms with Gasteiger partial charge in [0.05, 0.1) is 5.71 Å². The Morgan fingerprint density at radius 1 is 0.938 bits per heavy atom. The van der Waals surface area contributed by atoms with Crippen molar-refractivity contribution in [1.29, 1.82) is 0 Å². The van der Waals surface area contributed by atoms with Crippen molar-refractivity contribution in [2.24, 2.45) is 5.10 Å². The SMILES string of the molecule is C/C(=N\Nc1nc(-c2ccccc2)c(-c2ccccc2)o1)c1ccc(N(C)C(=O)O)cc1. The van der Waals surface area contributed by atoms with Gasteiger partial charge in [0.1, 0.15) is 5.69 Å². The smallest absolute Gasteiger partial charge is 0.411 e. The zero-order valence-corrected chi connectivity index (χ0v) is 17.7. The van der Waals surface area contributed by atoms with Crippen LogP contribution < -0.4 is 10.3 Å². The van der Waals surface area contributed by atoms with E-state index in [0.29, 0.717) is 17.2 Å². The summed E-state index contributed by atoms with van der Waals surface area (Å²) in [6, 6.07) is 27.0. The lowest BCUT2D eigenvalue weighted by atomic mass is 10.1. The monoisotopic (exact) mass is 426 g/mol. The number of hydrogen-bond donors (Lipinski definition) is 2. The average Bonchev–Trinajstić information content (AvgIpc) is 3.27. The molecule has 0 bridgehead atoms. The molecular formula is C25H22N4O3. The zero-order valence-electron chi connectivity index (χ0n) is 17.7. The molecule has 4 rings (SSSR count). The van der Waals surface area contributed by atoms with Gasteiger partial charge >= 0.3 is 12.1 Å². The van der Waals surface area contributed by atoms with Crippen molar-refractivity contribution in [3.05, 3.63) is 90.5 Å². The molecule has 0 radical (unpaired) electrons. The van der Waals surface area contributed by atoms with E-state index in [1.807, 2.05) is 79.7 Å². The molecule has 2 N–H and O–H groups in total. The first-order valence-corrected chi connectivity index (χ1v) is 10.0. The number of oxazole rings is 1. The summed E-state index contributed by atoms with van der Waals surface area (Å²) in [6.45, 7) is 1.85. The predicted octanol–water partition coefficient (Wildman–Crippen LogP) is 5.96. The van der Waals surface area contributed by atoms with Crippen LogP contribution in [0.4, 0.5) is 16.5 Å². The van der Waals surface area contributed by atoms with Gasteiger partial charge in [-0.1, -0.05) is 72.8 Å². The molecule has 1 aromatic heterocycles. The second-order valence-electron chi connectivity index (χ2n) is 7.13. The average molecular weight is 426 g/mol. The number of carboxylic acid groups (broad SMARTS) is 1. The number of anilines is 2. The molecule has 1 heterocycles. The minimum atomic E-state index is -1.02. The summed E-state index contributed by atoms with van der Waals surface area (Å²) in [4.78, 5) is 16.9. The number of hydrazone groups is 1. The predicted molar refractivity (Wildman–Crippen MR) is 126 cm³/mol. The Morgan fingerprint density at radius 3 is 2.12 bits per heavy atom. The van der Waals surface area contributed by atoms with Crippen LogP contribution in [0.5, 0.6) is 0 Å². The Hall–Kier alpha value is -4.39. The highest BCUT2D eigenvalue weighted by Gasteiger charge is 2.16. The summed E-state index contributed by atoms with van der Waals surface area (Å²) in [5, 5.41) is 13.5. The van der Waals surface area contributed by atoms with Gasteiger partial charge in [0.25, 0.3) is 0 Å². The van der Waals surface area contributed by atoms with Crippen LogP contribution >= 0.6 is 0 Å². The molecule has 0 unspecified atom stereocenters. The molecular weight excluding hydrogens is 404 g/mol. The lowest BCUT2D eigenvalue weighted by molar-refractivity contribution is 0.203. The Bertz CT molecular complexity index is 1180. The molecule has 4 aromatic rings. The van der Waals surface area contributed by atoms with Gasteiger partial charge in [0, 0.05) is 23.9 Å². The van der Waals surface area contributed by atoms with Crippen LogP contribution in [0, 0.1) is 0 Å². The second kappa shape index (κ2) is 9.18. The van der Waals surface area contributed by atoms with Crippen molar-refractivity contribution in [3.63, 3.8) is 0 Å². The fourth-order valence-electron chi connectivity index (χ4n) is 3.18. The highest BCUT2D eigenvalue weighted by atomic mass is 16.4. The van der Waals surface area contributed by atoms with E-state index in [0.717, 1.165) is 27.3 Å². The van der Waals surface area contributed by atoms with E-state index in [9.17, 15) is 4.79 Å². The Kier molecular flexibility index (Phi) is 5.98. The molecule has 3 aromatic carbocycles. The third kappa shape index (κ3) is 4.52. The summed E-state index contributed by atoms with van der Waals surface area (Å²) in [6.07, 6.45) is -1.02. The summed E-state index contributed by atoms with van der Waals surface area (Å²) in [7, 11) is 1.50. The molecule has 0 saturated carbocycles. The zero-order chi connectivity index (χ0) is 22.5. The molecule has 0 aliphatic carbocycles. The first-order chi connectivity index (χ1) is 15.5. The molecule has 0 aliphatic heterocycles. The number of nitrogens with one attached hydrogen (secondary N) is 1. The van der Waals surface area contributed by atoms with Gasteiger partial charge in [0.2, 0.25) is 0 Å². The van der Waals surface area contributed by atoms with Gasteiger partial charge in [-0.15, -0.1) is 0 Å². The van der Waals surface area contributed by atoms with Gasteiger partial charge in [-0.05, 0) is 24.6 Å². The largest absolute Gasteiger partial charge is 0.465 e. The van der Waals surface area contributed by atoms with Crippen molar-refractivity contribution in [2.45, 2.75) is 6.92 Å². The summed E-state index contributed by atoms with van der Waals surface area (Å²) >= 11 is 0. The van der Waals surface area contributed by atoms with E-state index in [2.05, 4.69) is 15.5 Å². The normalized spacial score (nSPS) is 11.2. The van der Waals surface area contributed by atoms with Gasteiger partial charge in [-0.3, -0.25) is 4.90 Å². The molecule has 0 spiro atoms. The van der Waals surface area contributed by atoms with E-state index < -0.39 is 6.09 Å². The third-order valence-corrected chi connectivity index (χ3v) is 4.99. The number of nitrogens with zero attached hydrogens (tertiary/aromatic N) is 3. The van der Waals surface area contributed by atoms with E-state index in [1.54, 1.807) is 12.1 Å². The van der Waals surface area contributed by atoms with Gasteiger partial charge in [-0.2, -0.15) is 10.1 Å². The number of aromatic nitrogens is 1. The van der Waals surface area contributed by atoms with Gasteiger partial charge in [0.15, 0.2) is 5.76 Å². The van der Waals surface area contributed by atoms with Crippen molar-refractivity contribution in [2.75, 3.05) is 17.4 Å². The first kappa shape index (κ1) is 20.9. The highest BCUT2D eigenvalue weighted by Crippen LogP contribution is 2.34. The van der Waals surface area contributed by atoms with Crippen LogP contribution in [0.25, 0.3) is 22.6 Å². The molecule has 0 fully saturated rings. The maximum atomic E-state index is 11.1. The fraction of sp³-hybridized carbons (Fsp3) is 0.0800. The molecule has 160 valence electrons. The van der Waals surface area contributed by atoms with Crippen molar-refractivity contribution in [1.82, 2.24) is 4.98 Å². The number of amides is 1. The number of hydrogen-bond acceptors (Lipinski definition) is 5. The maximum absolute atomic E-state index is 11.1. The van der Waals surface area contributed by atoms with Gasteiger partial charge in [-0.25, -0.2) is 10.2 Å². The van der Waals surface area contributed by atoms with E-state index >= 15 is 0 Å². The highest BCUT2D eigenvalue weighted by molar-refractivity contribution is 5.99.